The number of hydrogen-bond acceptors (Lipinski definition) is 5. The van der Waals surface area contributed by atoms with Crippen molar-refractivity contribution in [3.8, 4) is 5.75 Å². The first kappa shape index (κ1) is 23.8. The highest BCUT2D eigenvalue weighted by atomic mass is 16.5. The van der Waals surface area contributed by atoms with Crippen LogP contribution in [-0.2, 0) is 12.8 Å². The van der Waals surface area contributed by atoms with Crippen LogP contribution < -0.4 is 9.64 Å². The number of anilines is 2. The Morgan fingerprint density at radius 1 is 1.18 bits per heavy atom. The van der Waals surface area contributed by atoms with Crippen LogP contribution in [0, 0.1) is 0 Å². The molecule has 0 aliphatic carbocycles. The van der Waals surface area contributed by atoms with E-state index in [2.05, 4.69) is 59.2 Å². The van der Waals surface area contributed by atoms with Crippen molar-refractivity contribution in [2.45, 2.75) is 45.3 Å². The minimum atomic E-state index is -0.897. The molecule has 1 N–H and O–H groups in total. The number of ether oxygens (including phenoxy) is 1. The Hall–Kier alpha value is -3.38. The molecule has 1 aliphatic heterocycles. The average Bonchev–Trinajstić information content (AvgIpc) is 2.83. The number of nitrogens with zero attached hydrogens (tertiary/aromatic N) is 3. The first-order valence-electron chi connectivity index (χ1n) is 11.8. The number of rotatable bonds is 8. The lowest BCUT2D eigenvalue weighted by Crippen LogP contribution is -2.32. The van der Waals surface area contributed by atoms with Crippen molar-refractivity contribution < 1.29 is 14.6 Å². The molecule has 1 aliphatic rings. The van der Waals surface area contributed by atoms with Gasteiger partial charge in [-0.25, -0.2) is 4.79 Å². The number of carboxylic acid groups (broad SMARTS) is 1. The van der Waals surface area contributed by atoms with Gasteiger partial charge in [-0.15, -0.1) is 0 Å². The Labute approximate surface area is 201 Å². The van der Waals surface area contributed by atoms with E-state index in [1.165, 1.54) is 17.3 Å². The molecule has 1 aromatic heterocycles. The zero-order valence-corrected chi connectivity index (χ0v) is 20.4. The van der Waals surface area contributed by atoms with E-state index in [-0.39, 0.29) is 12.1 Å². The molecule has 0 unspecified atom stereocenters. The van der Waals surface area contributed by atoms with E-state index in [0.29, 0.717) is 12.0 Å². The number of carbonyl (C=O) groups is 1. The summed E-state index contributed by atoms with van der Waals surface area (Å²) in [5.41, 5.74) is 6.08. The maximum atomic E-state index is 11.6. The molecule has 2 heterocycles. The Balaban J connectivity index is 1.52. The fourth-order valence-corrected chi connectivity index (χ4v) is 4.71. The lowest BCUT2D eigenvalue weighted by Gasteiger charge is -2.35. The summed E-state index contributed by atoms with van der Waals surface area (Å²) in [6, 6.07) is 16.7. The van der Waals surface area contributed by atoms with Crippen LogP contribution in [0.3, 0.4) is 0 Å². The minimum Gasteiger partial charge on any atom is -0.491 e. The second kappa shape index (κ2) is 10.3. The summed E-state index contributed by atoms with van der Waals surface area (Å²) in [6.07, 6.45) is 5.90. The summed E-state index contributed by atoms with van der Waals surface area (Å²) < 4.78 is 5.77. The van der Waals surface area contributed by atoms with Gasteiger partial charge in [0.1, 0.15) is 5.75 Å². The third-order valence-corrected chi connectivity index (χ3v) is 6.56. The van der Waals surface area contributed by atoms with E-state index in [1.807, 2.05) is 26.0 Å². The molecular weight excluding hydrogens is 426 g/mol. The van der Waals surface area contributed by atoms with Gasteiger partial charge in [0.05, 0.1) is 11.7 Å². The highest BCUT2D eigenvalue weighted by Crippen LogP contribution is 2.36. The molecule has 4 rings (SSSR count). The van der Waals surface area contributed by atoms with E-state index in [9.17, 15) is 9.90 Å². The fraction of sp³-hybridized carbons (Fsp3) is 0.357. The summed E-state index contributed by atoms with van der Waals surface area (Å²) in [7, 11) is 4.23. The summed E-state index contributed by atoms with van der Waals surface area (Å²) in [4.78, 5) is 20.3. The summed E-state index contributed by atoms with van der Waals surface area (Å²) in [6.45, 7) is 5.03. The molecule has 0 saturated carbocycles. The largest absolute Gasteiger partial charge is 0.491 e. The van der Waals surface area contributed by atoms with Gasteiger partial charge in [-0.05, 0) is 99.3 Å². The van der Waals surface area contributed by atoms with Crippen LogP contribution in [-0.4, -0.2) is 47.7 Å². The van der Waals surface area contributed by atoms with Crippen molar-refractivity contribution in [3.05, 3.63) is 83.2 Å². The minimum absolute atomic E-state index is 0.157. The average molecular weight is 460 g/mol. The maximum absolute atomic E-state index is 11.6. The van der Waals surface area contributed by atoms with Crippen LogP contribution in [0.5, 0.6) is 5.75 Å². The fourth-order valence-electron chi connectivity index (χ4n) is 4.71. The third kappa shape index (κ3) is 5.23. The number of aromatic carboxylic acids is 1. The number of hydrogen-bond donors (Lipinski definition) is 1. The standard InChI is InChI=1S/C28H33N3O3/c1-19(2)34-24-9-6-22(7-10-24)31(4)23-8-11-25-20(17-23)14-16-30(3)27(25)12-5-21-18-29-15-13-26(21)28(32)33/h6-11,13,15,17-19,27H,5,12,14,16H2,1-4H3,(H,32,33)/t27-/m0/s1. The molecule has 0 amide bonds. The smallest absolute Gasteiger partial charge is 0.336 e. The Morgan fingerprint density at radius 3 is 2.62 bits per heavy atom. The molecule has 2 aromatic carbocycles. The number of benzene rings is 2. The summed E-state index contributed by atoms with van der Waals surface area (Å²) >= 11 is 0. The molecule has 3 aromatic rings. The van der Waals surface area contributed by atoms with Crippen LogP contribution in [0.2, 0.25) is 0 Å². The van der Waals surface area contributed by atoms with Crippen molar-refractivity contribution in [2.24, 2.45) is 0 Å². The molecule has 0 bridgehead atoms. The van der Waals surface area contributed by atoms with Gasteiger partial charge in [0.15, 0.2) is 0 Å². The molecule has 178 valence electrons. The molecule has 1 atom stereocenters. The van der Waals surface area contributed by atoms with Gasteiger partial charge in [-0.1, -0.05) is 6.07 Å². The number of aromatic nitrogens is 1. The number of carboxylic acids is 1. The SMILES string of the molecule is CC(C)Oc1ccc(N(C)c2ccc3c(c2)CCN(C)[C@H]3CCc2cnccc2C(=O)O)cc1. The van der Waals surface area contributed by atoms with E-state index < -0.39 is 5.97 Å². The third-order valence-electron chi connectivity index (χ3n) is 6.56. The number of likely N-dealkylation sites (N-methyl/N-ethyl adjacent to an activating group) is 1. The van der Waals surface area contributed by atoms with Gasteiger partial charge >= 0.3 is 5.97 Å². The van der Waals surface area contributed by atoms with E-state index in [1.54, 1.807) is 12.3 Å². The molecule has 6 nitrogen and oxygen atoms in total. The van der Waals surface area contributed by atoms with E-state index in [0.717, 1.165) is 42.1 Å². The Morgan fingerprint density at radius 2 is 1.91 bits per heavy atom. The molecule has 0 fully saturated rings. The Kier molecular flexibility index (Phi) is 7.17. The predicted octanol–water partition coefficient (Wildman–Crippen LogP) is 5.50. The van der Waals surface area contributed by atoms with Crippen molar-refractivity contribution in [1.29, 1.82) is 0 Å². The zero-order chi connectivity index (χ0) is 24.2. The molecule has 0 radical (unpaired) electrons. The summed E-state index contributed by atoms with van der Waals surface area (Å²) in [5.74, 6) is -0.0191. The van der Waals surface area contributed by atoms with Crippen molar-refractivity contribution in [3.63, 3.8) is 0 Å². The second-order valence-electron chi connectivity index (χ2n) is 9.23. The first-order valence-corrected chi connectivity index (χ1v) is 11.8. The monoisotopic (exact) mass is 459 g/mol. The first-order chi connectivity index (χ1) is 16.3. The predicted molar refractivity (Wildman–Crippen MR) is 135 cm³/mol. The molecule has 0 saturated heterocycles. The highest BCUT2D eigenvalue weighted by Gasteiger charge is 2.26. The van der Waals surface area contributed by atoms with Crippen LogP contribution >= 0.6 is 0 Å². The van der Waals surface area contributed by atoms with E-state index >= 15 is 0 Å². The van der Waals surface area contributed by atoms with Gasteiger partial charge in [0.25, 0.3) is 0 Å². The Bertz CT molecular complexity index is 1140. The normalized spacial score (nSPS) is 15.7. The van der Waals surface area contributed by atoms with Gasteiger partial charge in [0.2, 0.25) is 0 Å². The van der Waals surface area contributed by atoms with Gasteiger partial charge in [-0.2, -0.15) is 0 Å². The second-order valence-corrected chi connectivity index (χ2v) is 9.23. The summed E-state index contributed by atoms with van der Waals surface area (Å²) in [5, 5.41) is 9.49. The van der Waals surface area contributed by atoms with Gasteiger partial charge < -0.3 is 14.7 Å². The van der Waals surface area contributed by atoms with Gasteiger partial charge in [-0.3, -0.25) is 9.88 Å². The van der Waals surface area contributed by atoms with Gasteiger partial charge in [0, 0.05) is 43.4 Å². The van der Waals surface area contributed by atoms with E-state index in [4.69, 9.17) is 4.74 Å². The lowest BCUT2D eigenvalue weighted by molar-refractivity contribution is 0.0695. The molecule has 0 spiro atoms. The zero-order valence-electron chi connectivity index (χ0n) is 20.4. The topological polar surface area (TPSA) is 65.9 Å². The van der Waals surface area contributed by atoms with Crippen molar-refractivity contribution in [2.75, 3.05) is 25.5 Å². The number of pyridine rings is 1. The number of aryl methyl sites for hydroxylation is 1. The molecule has 6 heteroatoms. The lowest BCUT2D eigenvalue weighted by atomic mass is 9.88. The highest BCUT2D eigenvalue weighted by molar-refractivity contribution is 5.89. The van der Waals surface area contributed by atoms with Crippen LogP contribution in [0.4, 0.5) is 11.4 Å². The molecular formula is C28H33N3O3. The molecule has 34 heavy (non-hydrogen) atoms. The van der Waals surface area contributed by atoms with Crippen molar-refractivity contribution in [1.82, 2.24) is 9.88 Å². The van der Waals surface area contributed by atoms with Crippen LogP contribution in [0.25, 0.3) is 0 Å². The maximum Gasteiger partial charge on any atom is 0.336 e. The quantitative estimate of drug-likeness (QED) is 0.480. The van der Waals surface area contributed by atoms with Crippen LogP contribution in [0.15, 0.2) is 60.9 Å². The van der Waals surface area contributed by atoms with Crippen molar-refractivity contribution >= 4 is 17.3 Å². The van der Waals surface area contributed by atoms with Crippen LogP contribution in [0.1, 0.15) is 53.4 Å². The number of fused-ring (bicyclic) bond motifs is 1.